The summed E-state index contributed by atoms with van der Waals surface area (Å²) in [5, 5.41) is 6.67. The molecule has 26 heavy (non-hydrogen) atoms. The Hall–Kier alpha value is -1.59. The first kappa shape index (κ1) is 20.7. The van der Waals surface area contributed by atoms with Gasteiger partial charge in [-0.15, -0.1) is 0 Å². The van der Waals surface area contributed by atoms with E-state index in [9.17, 15) is 9.59 Å². The van der Waals surface area contributed by atoms with E-state index >= 15 is 0 Å². The summed E-state index contributed by atoms with van der Waals surface area (Å²) in [4.78, 5) is 26.4. The fraction of sp³-hybridized carbons (Fsp3) is 0.600. The van der Waals surface area contributed by atoms with Gasteiger partial charge in [-0.2, -0.15) is 0 Å². The first-order valence-corrected chi connectivity index (χ1v) is 9.91. The molecule has 0 saturated carbocycles. The van der Waals surface area contributed by atoms with Crippen LogP contribution in [0.15, 0.2) is 24.3 Å². The minimum absolute atomic E-state index is 0.0144. The van der Waals surface area contributed by atoms with Crippen LogP contribution in [0.4, 0.5) is 0 Å². The first-order valence-electron chi connectivity index (χ1n) is 9.53. The quantitative estimate of drug-likeness (QED) is 0.730. The van der Waals surface area contributed by atoms with Crippen molar-refractivity contribution in [2.75, 3.05) is 19.6 Å². The molecule has 1 heterocycles. The van der Waals surface area contributed by atoms with Crippen molar-refractivity contribution in [3.8, 4) is 0 Å². The van der Waals surface area contributed by atoms with Crippen LogP contribution in [0.25, 0.3) is 0 Å². The highest BCUT2D eigenvalue weighted by molar-refractivity contribution is 6.31. The van der Waals surface area contributed by atoms with Crippen molar-refractivity contribution in [3.05, 3.63) is 34.9 Å². The van der Waals surface area contributed by atoms with Crippen molar-refractivity contribution in [2.45, 2.75) is 52.1 Å². The van der Waals surface area contributed by atoms with Crippen molar-refractivity contribution in [2.24, 2.45) is 5.92 Å². The highest BCUT2D eigenvalue weighted by atomic mass is 35.5. The summed E-state index contributed by atoms with van der Waals surface area (Å²) in [5.74, 6) is 0.541. The Morgan fingerprint density at radius 1 is 1.31 bits per heavy atom. The van der Waals surface area contributed by atoms with Gasteiger partial charge in [0.15, 0.2) is 0 Å². The van der Waals surface area contributed by atoms with Gasteiger partial charge in [0.25, 0.3) is 0 Å². The van der Waals surface area contributed by atoms with Gasteiger partial charge < -0.3 is 10.6 Å². The molecule has 2 N–H and O–H groups in total. The highest BCUT2D eigenvalue weighted by Crippen LogP contribution is 2.19. The number of benzene rings is 1. The molecule has 6 heteroatoms. The van der Waals surface area contributed by atoms with Crippen molar-refractivity contribution < 1.29 is 9.59 Å². The average molecular weight is 380 g/mol. The third kappa shape index (κ3) is 6.29. The Morgan fingerprint density at radius 3 is 2.81 bits per heavy atom. The number of amides is 2. The lowest BCUT2D eigenvalue weighted by molar-refractivity contribution is -0.127. The summed E-state index contributed by atoms with van der Waals surface area (Å²) >= 11 is 6.14. The highest BCUT2D eigenvalue weighted by Gasteiger charge is 2.27. The number of rotatable bonds is 8. The van der Waals surface area contributed by atoms with E-state index in [0.717, 1.165) is 37.9 Å². The molecule has 2 rings (SSSR count). The molecule has 1 aliphatic heterocycles. The molecule has 1 aromatic carbocycles. The second-order valence-electron chi connectivity index (χ2n) is 7.04. The summed E-state index contributed by atoms with van der Waals surface area (Å²) in [7, 11) is 0. The van der Waals surface area contributed by atoms with E-state index in [-0.39, 0.29) is 17.9 Å². The smallest absolute Gasteiger partial charge is 0.237 e. The van der Waals surface area contributed by atoms with Gasteiger partial charge in [-0.3, -0.25) is 14.5 Å². The van der Waals surface area contributed by atoms with Crippen molar-refractivity contribution in [1.82, 2.24) is 15.5 Å². The van der Waals surface area contributed by atoms with Gasteiger partial charge in [-0.1, -0.05) is 36.7 Å². The lowest BCUT2D eigenvalue weighted by Gasteiger charge is -2.36. The third-order valence-corrected chi connectivity index (χ3v) is 5.32. The van der Waals surface area contributed by atoms with E-state index in [0.29, 0.717) is 30.5 Å². The van der Waals surface area contributed by atoms with Crippen LogP contribution in [0.2, 0.25) is 5.02 Å². The third-order valence-electron chi connectivity index (χ3n) is 4.95. The van der Waals surface area contributed by atoms with Crippen LogP contribution in [0, 0.1) is 5.92 Å². The largest absolute Gasteiger partial charge is 0.356 e. The van der Waals surface area contributed by atoms with Crippen LogP contribution >= 0.6 is 11.6 Å². The fourth-order valence-electron chi connectivity index (χ4n) is 3.33. The van der Waals surface area contributed by atoms with E-state index in [2.05, 4.69) is 15.5 Å². The fourth-order valence-corrected chi connectivity index (χ4v) is 3.53. The summed E-state index contributed by atoms with van der Waals surface area (Å²) in [5.41, 5.74) is 0.921. The minimum Gasteiger partial charge on any atom is -0.356 e. The number of carbonyl (C=O) groups is 2. The number of hydrogen-bond donors (Lipinski definition) is 2. The number of halogens is 1. The topological polar surface area (TPSA) is 61.4 Å². The summed E-state index contributed by atoms with van der Waals surface area (Å²) < 4.78 is 0. The molecule has 2 unspecified atom stereocenters. The number of nitrogens with zero attached hydrogens (tertiary/aromatic N) is 1. The van der Waals surface area contributed by atoms with Crippen molar-refractivity contribution in [1.29, 1.82) is 0 Å². The number of piperidine rings is 1. The van der Waals surface area contributed by atoms with E-state index < -0.39 is 0 Å². The first-order chi connectivity index (χ1) is 12.5. The van der Waals surface area contributed by atoms with Gasteiger partial charge in [0.1, 0.15) is 0 Å². The van der Waals surface area contributed by atoms with Crippen LogP contribution in [-0.4, -0.2) is 42.4 Å². The van der Waals surface area contributed by atoms with Crippen LogP contribution in [0.5, 0.6) is 0 Å². The van der Waals surface area contributed by atoms with Gasteiger partial charge in [0.2, 0.25) is 11.8 Å². The SMILES string of the molecule is CCCC(=O)NCC1CCCN(C(C)C(=O)NCc2ccccc2Cl)C1. The molecule has 1 fully saturated rings. The molecular formula is C20H30ClN3O2. The molecule has 0 aromatic heterocycles. The van der Waals surface area contributed by atoms with Gasteiger partial charge in [0.05, 0.1) is 6.04 Å². The van der Waals surface area contributed by atoms with Gasteiger partial charge in [-0.05, 0) is 50.3 Å². The monoisotopic (exact) mass is 379 g/mol. The molecule has 144 valence electrons. The molecule has 0 spiro atoms. The lowest BCUT2D eigenvalue weighted by Crippen LogP contribution is -2.50. The van der Waals surface area contributed by atoms with Crippen LogP contribution in [-0.2, 0) is 16.1 Å². The van der Waals surface area contributed by atoms with Gasteiger partial charge in [-0.25, -0.2) is 0 Å². The molecule has 1 saturated heterocycles. The molecule has 1 aromatic rings. The predicted molar refractivity (Wildman–Crippen MR) is 105 cm³/mol. The van der Waals surface area contributed by atoms with Crippen LogP contribution < -0.4 is 10.6 Å². The van der Waals surface area contributed by atoms with Crippen molar-refractivity contribution >= 4 is 23.4 Å². The summed E-state index contributed by atoms with van der Waals surface area (Å²) in [6.07, 6.45) is 3.59. The minimum atomic E-state index is -0.188. The van der Waals surface area contributed by atoms with Crippen LogP contribution in [0.3, 0.4) is 0 Å². The Kier molecular flexibility index (Phi) is 8.39. The zero-order valence-electron chi connectivity index (χ0n) is 15.8. The lowest BCUT2D eigenvalue weighted by atomic mass is 9.96. The standard InChI is InChI=1S/C20H30ClN3O2/c1-3-7-19(25)22-12-16-8-6-11-24(14-16)15(2)20(26)23-13-17-9-4-5-10-18(17)21/h4-5,9-10,15-16H,3,6-8,11-14H2,1-2H3,(H,22,25)(H,23,26). The number of nitrogens with one attached hydrogen (secondary N) is 2. The molecular weight excluding hydrogens is 350 g/mol. The number of likely N-dealkylation sites (tertiary alicyclic amines) is 1. The maximum absolute atomic E-state index is 12.5. The normalized spacial score (nSPS) is 19.0. The maximum Gasteiger partial charge on any atom is 0.237 e. The summed E-state index contributed by atoms with van der Waals surface area (Å²) in [6, 6.07) is 7.35. The molecule has 0 bridgehead atoms. The Morgan fingerprint density at radius 2 is 2.08 bits per heavy atom. The Balaban J connectivity index is 1.80. The molecule has 2 atom stereocenters. The molecule has 0 aliphatic carbocycles. The summed E-state index contributed by atoms with van der Waals surface area (Å²) in [6.45, 7) is 6.84. The van der Waals surface area contributed by atoms with E-state index in [4.69, 9.17) is 11.6 Å². The number of hydrogen-bond acceptors (Lipinski definition) is 3. The Bertz CT molecular complexity index is 608. The van der Waals surface area contributed by atoms with Gasteiger partial charge >= 0.3 is 0 Å². The second-order valence-corrected chi connectivity index (χ2v) is 7.45. The van der Waals surface area contributed by atoms with Crippen LogP contribution in [0.1, 0.15) is 45.1 Å². The predicted octanol–water partition coefficient (Wildman–Crippen LogP) is 2.97. The zero-order chi connectivity index (χ0) is 18.9. The van der Waals surface area contributed by atoms with Crippen molar-refractivity contribution in [3.63, 3.8) is 0 Å². The second kappa shape index (κ2) is 10.5. The molecule has 5 nitrogen and oxygen atoms in total. The van der Waals surface area contributed by atoms with E-state index in [1.807, 2.05) is 38.1 Å². The average Bonchev–Trinajstić information content (AvgIpc) is 2.65. The Labute approximate surface area is 161 Å². The van der Waals surface area contributed by atoms with E-state index in [1.54, 1.807) is 0 Å². The zero-order valence-corrected chi connectivity index (χ0v) is 16.5. The molecule has 1 aliphatic rings. The van der Waals surface area contributed by atoms with Gasteiger partial charge in [0, 0.05) is 31.1 Å². The molecule has 0 radical (unpaired) electrons. The molecule has 2 amide bonds. The maximum atomic E-state index is 12.5. The number of carbonyl (C=O) groups excluding carboxylic acids is 2. The van der Waals surface area contributed by atoms with E-state index in [1.165, 1.54) is 0 Å².